The van der Waals surface area contributed by atoms with E-state index in [-0.39, 0.29) is 19.4 Å². The molecule has 1 unspecified atom stereocenters. The highest BCUT2D eigenvalue weighted by Gasteiger charge is 2.18. The van der Waals surface area contributed by atoms with Crippen molar-refractivity contribution < 1.29 is 28.6 Å². The molecule has 8 heteroatoms. The molecule has 1 atom stereocenters. The number of nitrogens with one attached hydrogen (secondary N) is 2. The van der Waals surface area contributed by atoms with Gasteiger partial charge >= 0.3 is 5.97 Å². The molecule has 1 aliphatic heterocycles. The van der Waals surface area contributed by atoms with Crippen LogP contribution >= 0.6 is 0 Å². The SMILES string of the molecule is CC(NC(=O)COC(=O)CNC(=O)c1ccc2c(c1)OCO2)c1ccc2c(c1)CCCC2. The first-order chi connectivity index (χ1) is 15.5. The summed E-state index contributed by atoms with van der Waals surface area (Å²) in [6, 6.07) is 10.9. The topological polar surface area (TPSA) is 103 Å². The van der Waals surface area contributed by atoms with Crippen molar-refractivity contribution in [1.82, 2.24) is 10.6 Å². The normalized spacial score (nSPS) is 14.8. The van der Waals surface area contributed by atoms with Crippen molar-refractivity contribution in [2.75, 3.05) is 19.9 Å². The fourth-order valence-corrected chi connectivity index (χ4v) is 3.88. The Morgan fingerprint density at radius 3 is 2.62 bits per heavy atom. The number of fused-ring (bicyclic) bond motifs is 2. The molecule has 2 aromatic carbocycles. The van der Waals surface area contributed by atoms with E-state index in [2.05, 4.69) is 22.8 Å². The van der Waals surface area contributed by atoms with E-state index in [9.17, 15) is 14.4 Å². The molecule has 0 saturated carbocycles. The predicted molar refractivity (Wildman–Crippen MR) is 115 cm³/mol. The minimum absolute atomic E-state index is 0.111. The van der Waals surface area contributed by atoms with Crippen molar-refractivity contribution in [3.8, 4) is 11.5 Å². The molecule has 0 fully saturated rings. The van der Waals surface area contributed by atoms with Gasteiger partial charge in [-0.1, -0.05) is 18.2 Å². The van der Waals surface area contributed by atoms with Gasteiger partial charge in [-0.15, -0.1) is 0 Å². The van der Waals surface area contributed by atoms with E-state index in [4.69, 9.17) is 14.2 Å². The summed E-state index contributed by atoms with van der Waals surface area (Å²) in [4.78, 5) is 36.3. The van der Waals surface area contributed by atoms with Crippen LogP contribution in [0.25, 0.3) is 0 Å². The van der Waals surface area contributed by atoms with Gasteiger partial charge in [-0.25, -0.2) is 0 Å². The summed E-state index contributed by atoms with van der Waals surface area (Å²) in [5, 5.41) is 5.31. The van der Waals surface area contributed by atoms with E-state index >= 15 is 0 Å². The number of carbonyl (C=O) groups is 3. The molecule has 2 amide bonds. The number of ether oxygens (including phenoxy) is 3. The molecule has 0 spiro atoms. The smallest absolute Gasteiger partial charge is 0.325 e. The lowest BCUT2D eigenvalue weighted by Crippen LogP contribution is -2.34. The molecular weight excluding hydrogens is 412 g/mol. The van der Waals surface area contributed by atoms with E-state index in [0.29, 0.717) is 17.1 Å². The number of hydrogen-bond acceptors (Lipinski definition) is 6. The third kappa shape index (κ3) is 5.19. The first kappa shape index (κ1) is 21.7. The molecule has 0 aromatic heterocycles. The van der Waals surface area contributed by atoms with Crippen molar-refractivity contribution in [2.24, 2.45) is 0 Å². The van der Waals surface area contributed by atoms with Gasteiger partial charge < -0.3 is 24.8 Å². The first-order valence-corrected chi connectivity index (χ1v) is 10.7. The maximum atomic E-state index is 12.2. The van der Waals surface area contributed by atoms with Gasteiger partial charge in [0.25, 0.3) is 11.8 Å². The Bertz CT molecular complexity index is 1040. The van der Waals surface area contributed by atoms with Crippen LogP contribution in [0, 0.1) is 0 Å². The lowest BCUT2D eigenvalue weighted by Gasteiger charge is -2.20. The highest BCUT2D eigenvalue weighted by atomic mass is 16.7. The van der Waals surface area contributed by atoms with Crippen LogP contribution in [0.4, 0.5) is 0 Å². The Labute approximate surface area is 186 Å². The molecule has 0 radical (unpaired) electrons. The van der Waals surface area contributed by atoms with Gasteiger partial charge in [0.05, 0.1) is 6.04 Å². The maximum absolute atomic E-state index is 12.2. The van der Waals surface area contributed by atoms with E-state index in [1.165, 1.54) is 24.0 Å². The standard InChI is InChI=1S/C24H26N2O6/c1-15(17-7-6-16-4-2-3-5-18(16)10-17)26-22(27)13-30-23(28)12-25-24(29)19-8-9-20-21(11-19)32-14-31-20/h6-11,15H,2-5,12-14H2,1H3,(H,25,29)(H,26,27). The Morgan fingerprint density at radius 2 is 1.78 bits per heavy atom. The van der Waals surface area contributed by atoms with Gasteiger partial charge in [-0.2, -0.15) is 0 Å². The summed E-state index contributed by atoms with van der Waals surface area (Å²) in [5.41, 5.74) is 4.09. The second-order valence-corrected chi connectivity index (χ2v) is 7.94. The van der Waals surface area contributed by atoms with Crippen molar-refractivity contribution in [2.45, 2.75) is 38.6 Å². The number of amides is 2. The largest absolute Gasteiger partial charge is 0.454 e. The molecule has 2 N–H and O–H groups in total. The van der Waals surface area contributed by atoms with Crippen LogP contribution in [0.5, 0.6) is 11.5 Å². The molecule has 1 heterocycles. The molecule has 168 valence electrons. The third-order valence-corrected chi connectivity index (χ3v) is 5.64. The van der Waals surface area contributed by atoms with E-state index < -0.39 is 24.4 Å². The van der Waals surface area contributed by atoms with Crippen molar-refractivity contribution >= 4 is 17.8 Å². The second kappa shape index (κ2) is 9.72. The maximum Gasteiger partial charge on any atom is 0.325 e. The Hall–Kier alpha value is -3.55. The molecular formula is C24H26N2O6. The van der Waals surface area contributed by atoms with E-state index in [0.717, 1.165) is 18.4 Å². The molecule has 2 aliphatic rings. The molecule has 1 aliphatic carbocycles. The van der Waals surface area contributed by atoms with Gasteiger partial charge in [-0.3, -0.25) is 14.4 Å². The molecule has 0 bridgehead atoms. The second-order valence-electron chi connectivity index (χ2n) is 7.94. The van der Waals surface area contributed by atoms with E-state index in [1.807, 2.05) is 13.0 Å². The van der Waals surface area contributed by atoms with Crippen LogP contribution in [0.3, 0.4) is 0 Å². The Balaban J connectivity index is 1.20. The lowest BCUT2D eigenvalue weighted by molar-refractivity contribution is -0.147. The Kier molecular flexibility index (Phi) is 6.58. The summed E-state index contributed by atoms with van der Waals surface area (Å²) in [6.45, 7) is 1.25. The lowest BCUT2D eigenvalue weighted by atomic mass is 9.89. The zero-order valence-corrected chi connectivity index (χ0v) is 17.9. The summed E-state index contributed by atoms with van der Waals surface area (Å²) in [5.74, 6) is -0.506. The van der Waals surface area contributed by atoms with Gasteiger partial charge in [0.15, 0.2) is 18.1 Å². The van der Waals surface area contributed by atoms with Crippen LogP contribution in [-0.2, 0) is 27.2 Å². The predicted octanol–water partition coefficient (Wildman–Crippen LogP) is 2.44. The van der Waals surface area contributed by atoms with Gasteiger partial charge in [0.2, 0.25) is 6.79 Å². The number of esters is 1. The summed E-state index contributed by atoms with van der Waals surface area (Å²) in [6.07, 6.45) is 4.59. The molecule has 8 nitrogen and oxygen atoms in total. The molecule has 4 rings (SSSR count). The van der Waals surface area contributed by atoms with Crippen molar-refractivity contribution in [1.29, 1.82) is 0 Å². The van der Waals surface area contributed by atoms with Gasteiger partial charge in [-0.05, 0) is 67.5 Å². The number of carbonyl (C=O) groups excluding carboxylic acids is 3. The zero-order chi connectivity index (χ0) is 22.5. The highest BCUT2D eigenvalue weighted by molar-refractivity contribution is 5.96. The average Bonchev–Trinajstić information content (AvgIpc) is 3.28. The number of benzene rings is 2. The summed E-state index contributed by atoms with van der Waals surface area (Å²) < 4.78 is 15.4. The Morgan fingerprint density at radius 1 is 1.00 bits per heavy atom. The molecule has 0 saturated heterocycles. The van der Waals surface area contributed by atoms with Gasteiger partial charge in [0.1, 0.15) is 6.54 Å². The van der Waals surface area contributed by atoms with Crippen molar-refractivity contribution in [3.05, 3.63) is 58.7 Å². The van der Waals surface area contributed by atoms with Crippen LogP contribution in [0.2, 0.25) is 0 Å². The first-order valence-electron chi connectivity index (χ1n) is 10.7. The fourth-order valence-electron chi connectivity index (χ4n) is 3.88. The molecule has 32 heavy (non-hydrogen) atoms. The minimum atomic E-state index is -0.698. The number of aryl methyl sites for hydroxylation is 2. The quantitative estimate of drug-likeness (QED) is 0.644. The van der Waals surface area contributed by atoms with Crippen LogP contribution in [0.15, 0.2) is 36.4 Å². The molecule has 2 aromatic rings. The monoisotopic (exact) mass is 438 g/mol. The number of rotatable bonds is 7. The van der Waals surface area contributed by atoms with Crippen LogP contribution in [-0.4, -0.2) is 37.7 Å². The average molecular weight is 438 g/mol. The van der Waals surface area contributed by atoms with E-state index in [1.54, 1.807) is 18.2 Å². The third-order valence-electron chi connectivity index (χ3n) is 5.64. The number of hydrogen-bond donors (Lipinski definition) is 2. The van der Waals surface area contributed by atoms with Crippen molar-refractivity contribution in [3.63, 3.8) is 0 Å². The minimum Gasteiger partial charge on any atom is -0.454 e. The summed E-state index contributed by atoms with van der Waals surface area (Å²) in [7, 11) is 0. The zero-order valence-electron chi connectivity index (χ0n) is 17.9. The van der Waals surface area contributed by atoms with Crippen LogP contribution < -0.4 is 20.1 Å². The highest BCUT2D eigenvalue weighted by Crippen LogP contribution is 2.32. The van der Waals surface area contributed by atoms with Gasteiger partial charge in [0, 0.05) is 5.56 Å². The summed E-state index contributed by atoms with van der Waals surface area (Å²) >= 11 is 0. The van der Waals surface area contributed by atoms with Crippen LogP contribution in [0.1, 0.15) is 52.9 Å². The fraction of sp³-hybridized carbons (Fsp3) is 0.375.